The van der Waals surface area contributed by atoms with Gasteiger partial charge in [-0.15, -0.1) is 0 Å². The first kappa shape index (κ1) is 18.8. The second-order valence-corrected chi connectivity index (χ2v) is 8.35. The molecule has 3 heterocycles. The molecule has 0 radical (unpaired) electrons. The zero-order valence-electron chi connectivity index (χ0n) is 16.7. The number of likely N-dealkylation sites (tertiary alicyclic amines) is 1. The fourth-order valence-corrected chi connectivity index (χ4v) is 4.59. The lowest BCUT2D eigenvalue weighted by Gasteiger charge is -2.40. The van der Waals surface area contributed by atoms with E-state index in [1.54, 1.807) is 0 Å². The molecular weight excluding hydrogens is 356 g/mol. The average molecular weight is 384 g/mol. The van der Waals surface area contributed by atoms with Crippen molar-refractivity contribution in [2.75, 3.05) is 32.1 Å². The minimum absolute atomic E-state index is 0.0344. The molecule has 1 spiro atoms. The van der Waals surface area contributed by atoms with Crippen molar-refractivity contribution in [3.05, 3.63) is 17.5 Å². The van der Waals surface area contributed by atoms with Crippen LogP contribution in [0, 0.1) is 0 Å². The lowest BCUT2D eigenvalue weighted by Crippen LogP contribution is -2.48. The first-order valence-electron chi connectivity index (χ1n) is 10.1. The van der Waals surface area contributed by atoms with Crippen molar-refractivity contribution < 1.29 is 9.59 Å². The highest BCUT2D eigenvalue weighted by atomic mass is 16.2. The molecular formula is C20H28N6O2. The van der Waals surface area contributed by atoms with Gasteiger partial charge in [0.2, 0.25) is 17.8 Å². The Balaban J connectivity index is 1.44. The number of piperidine rings is 1. The lowest BCUT2D eigenvalue weighted by atomic mass is 9.77. The van der Waals surface area contributed by atoms with Gasteiger partial charge in [0.15, 0.2) is 0 Å². The van der Waals surface area contributed by atoms with Gasteiger partial charge in [0, 0.05) is 57.4 Å². The SMILES string of the molecule is CN(C)c1ncc2c(n1)C1(CCCN(C(=O)CCC3=NNC(=O)CC3)C1)CC2. The molecule has 3 aliphatic rings. The molecule has 1 aromatic heterocycles. The van der Waals surface area contributed by atoms with Crippen LogP contribution < -0.4 is 10.3 Å². The largest absolute Gasteiger partial charge is 0.347 e. The van der Waals surface area contributed by atoms with Crippen molar-refractivity contribution in [3.63, 3.8) is 0 Å². The molecule has 1 unspecified atom stereocenters. The fourth-order valence-electron chi connectivity index (χ4n) is 4.59. The van der Waals surface area contributed by atoms with Gasteiger partial charge >= 0.3 is 0 Å². The number of aromatic nitrogens is 2. The van der Waals surface area contributed by atoms with Crippen molar-refractivity contribution >= 4 is 23.5 Å². The maximum Gasteiger partial charge on any atom is 0.240 e. The van der Waals surface area contributed by atoms with Crippen LogP contribution in [-0.2, 0) is 21.4 Å². The monoisotopic (exact) mass is 384 g/mol. The van der Waals surface area contributed by atoms with Crippen LogP contribution in [0.3, 0.4) is 0 Å². The second-order valence-electron chi connectivity index (χ2n) is 8.35. The maximum absolute atomic E-state index is 12.9. The summed E-state index contributed by atoms with van der Waals surface area (Å²) >= 11 is 0. The molecule has 0 aromatic carbocycles. The molecule has 1 saturated heterocycles. The van der Waals surface area contributed by atoms with Crippen LogP contribution in [0.5, 0.6) is 0 Å². The number of nitrogens with zero attached hydrogens (tertiary/aromatic N) is 5. The number of rotatable bonds is 4. The number of hydrazone groups is 1. The maximum atomic E-state index is 12.9. The van der Waals surface area contributed by atoms with Gasteiger partial charge in [-0.25, -0.2) is 15.4 Å². The normalized spacial score (nSPS) is 24.0. The van der Waals surface area contributed by atoms with Crippen LogP contribution in [0.4, 0.5) is 5.95 Å². The van der Waals surface area contributed by atoms with Crippen molar-refractivity contribution in [3.8, 4) is 0 Å². The number of aryl methyl sites for hydroxylation is 1. The summed E-state index contributed by atoms with van der Waals surface area (Å²) in [5, 5.41) is 4.08. The van der Waals surface area contributed by atoms with Gasteiger partial charge in [0.25, 0.3) is 0 Å². The lowest BCUT2D eigenvalue weighted by molar-refractivity contribution is -0.133. The molecule has 8 heteroatoms. The summed E-state index contributed by atoms with van der Waals surface area (Å²) in [7, 11) is 3.91. The molecule has 0 bridgehead atoms. The Morgan fingerprint density at radius 1 is 1.29 bits per heavy atom. The minimum Gasteiger partial charge on any atom is -0.347 e. The predicted octanol–water partition coefficient (Wildman–Crippen LogP) is 1.40. The third kappa shape index (κ3) is 3.59. The summed E-state index contributed by atoms with van der Waals surface area (Å²) in [5.74, 6) is 0.863. The number of nitrogens with one attached hydrogen (secondary N) is 1. The van der Waals surface area contributed by atoms with Crippen LogP contribution in [-0.4, -0.2) is 59.6 Å². The van der Waals surface area contributed by atoms with E-state index in [4.69, 9.17) is 4.98 Å². The van der Waals surface area contributed by atoms with E-state index >= 15 is 0 Å². The van der Waals surface area contributed by atoms with Crippen molar-refractivity contribution in [2.24, 2.45) is 5.10 Å². The van der Waals surface area contributed by atoms with Crippen molar-refractivity contribution in [1.82, 2.24) is 20.3 Å². The summed E-state index contributed by atoms with van der Waals surface area (Å²) in [6.45, 7) is 1.55. The standard InChI is InChI=1S/C20H28N6O2/c1-25(2)19-21-12-14-8-10-20(18(14)22-19)9-3-11-26(13-20)17(28)7-5-15-4-6-16(27)24-23-15/h12H,3-11,13H2,1-2H3,(H,24,27). The number of hydrogen-bond donors (Lipinski definition) is 1. The summed E-state index contributed by atoms with van der Waals surface area (Å²) in [6, 6.07) is 0. The van der Waals surface area contributed by atoms with Gasteiger partial charge in [-0.3, -0.25) is 9.59 Å². The molecule has 28 heavy (non-hydrogen) atoms. The minimum atomic E-state index is -0.0490. The van der Waals surface area contributed by atoms with Gasteiger partial charge in [-0.2, -0.15) is 5.10 Å². The Labute approximate surface area is 165 Å². The molecule has 8 nitrogen and oxygen atoms in total. The number of amides is 2. The second kappa shape index (κ2) is 7.48. The van der Waals surface area contributed by atoms with Gasteiger partial charge in [-0.05, 0) is 44.1 Å². The smallest absolute Gasteiger partial charge is 0.240 e. The first-order chi connectivity index (χ1) is 13.5. The van der Waals surface area contributed by atoms with Gasteiger partial charge in [-0.1, -0.05) is 0 Å². The Morgan fingerprint density at radius 3 is 2.89 bits per heavy atom. The summed E-state index contributed by atoms with van der Waals surface area (Å²) in [5.41, 5.74) is 5.75. The van der Waals surface area contributed by atoms with Gasteiger partial charge < -0.3 is 9.80 Å². The molecule has 150 valence electrons. The van der Waals surface area contributed by atoms with Crippen LogP contribution in [0.25, 0.3) is 0 Å². The predicted molar refractivity (Wildman–Crippen MR) is 106 cm³/mol. The molecule has 1 N–H and O–H groups in total. The Hall–Kier alpha value is -2.51. The number of fused-ring (bicyclic) bond motifs is 2. The average Bonchev–Trinajstić information content (AvgIpc) is 3.04. The van der Waals surface area contributed by atoms with Crippen LogP contribution in [0.1, 0.15) is 56.2 Å². The number of carbonyl (C=O) groups is 2. The third-order valence-electron chi connectivity index (χ3n) is 6.16. The Kier molecular flexibility index (Phi) is 5.03. The molecule has 1 fully saturated rings. The van der Waals surface area contributed by atoms with E-state index in [0.29, 0.717) is 25.7 Å². The van der Waals surface area contributed by atoms with E-state index < -0.39 is 0 Å². The zero-order chi connectivity index (χ0) is 19.7. The third-order valence-corrected chi connectivity index (χ3v) is 6.16. The van der Waals surface area contributed by atoms with E-state index in [9.17, 15) is 9.59 Å². The highest BCUT2D eigenvalue weighted by molar-refractivity contribution is 5.94. The number of hydrogen-bond acceptors (Lipinski definition) is 6. The Bertz CT molecular complexity index is 817. The quantitative estimate of drug-likeness (QED) is 0.847. The number of anilines is 1. The molecule has 1 aliphatic carbocycles. The molecule has 0 saturated carbocycles. The van der Waals surface area contributed by atoms with E-state index in [-0.39, 0.29) is 17.2 Å². The molecule has 2 aliphatic heterocycles. The summed E-state index contributed by atoms with van der Waals surface area (Å²) in [6.07, 6.45) is 8.25. The zero-order valence-corrected chi connectivity index (χ0v) is 16.7. The van der Waals surface area contributed by atoms with Crippen LogP contribution in [0.15, 0.2) is 11.3 Å². The topological polar surface area (TPSA) is 90.8 Å². The molecule has 1 aromatic rings. The van der Waals surface area contributed by atoms with Crippen LogP contribution in [0.2, 0.25) is 0 Å². The summed E-state index contributed by atoms with van der Waals surface area (Å²) in [4.78, 5) is 37.3. The van der Waals surface area contributed by atoms with Gasteiger partial charge in [0.1, 0.15) is 0 Å². The van der Waals surface area contributed by atoms with E-state index in [2.05, 4.69) is 15.5 Å². The highest BCUT2D eigenvalue weighted by Crippen LogP contribution is 2.44. The van der Waals surface area contributed by atoms with Crippen molar-refractivity contribution in [2.45, 2.75) is 56.8 Å². The van der Waals surface area contributed by atoms with E-state index in [1.165, 1.54) is 5.56 Å². The van der Waals surface area contributed by atoms with Crippen molar-refractivity contribution in [1.29, 1.82) is 0 Å². The molecule has 1 atom stereocenters. The van der Waals surface area contributed by atoms with Gasteiger partial charge in [0.05, 0.1) is 5.69 Å². The fraction of sp³-hybridized carbons (Fsp3) is 0.650. The molecule has 2 amide bonds. The number of carbonyl (C=O) groups excluding carboxylic acids is 2. The van der Waals surface area contributed by atoms with E-state index in [0.717, 1.165) is 56.1 Å². The first-order valence-corrected chi connectivity index (χ1v) is 10.1. The van der Waals surface area contributed by atoms with Crippen LogP contribution >= 0.6 is 0 Å². The molecule has 4 rings (SSSR count). The highest BCUT2D eigenvalue weighted by Gasteiger charge is 2.44. The van der Waals surface area contributed by atoms with E-state index in [1.807, 2.05) is 30.1 Å². The Morgan fingerprint density at radius 2 is 2.14 bits per heavy atom. The summed E-state index contributed by atoms with van der Waals surface area (Å²) < 4.78 is 0.